The molecule has 0 saturated carbocycles. The maximum atomic E-state index is 10.8. The van der Waals surface area contributed by atoms with Gasteiger partial charge in [-0.25, -0.2) is 0 Å². The number of ether oxygens (including phenoxy) is 1. The van der Waals surface area contributed by atoms with Crippen molar-refractivity contribution in [3.05, 3.63) is 54.1 Å². The fourth-order valence-corrected chi connectivity index (χ4v) is 2.32. The first-order chi connectivity index (χ1) is 9.70. The summed E-state index contributed by atoms with van der Waals surface area (Å²) >= 11 is 5.36. The average molecular weight is 289 g/mol. The minimum atomic E-state index is -0.276. The van der Waals surface area contributed by atoms with E-state index in [0.717, 1.165) is 29.7 Å². The van der Waals surface area contributed by atoms with Crippen LogP contribution in [0, 0.1) is 0 Å². The number of carbonyl (C=O) groups is 1. The van der Waals surface area contributed by atoms with Crippen LogP contribution in [-0.2, 0) is 11.2 Å². The van der Waals surface area contributed by atoms with Crippen molar-refractivity contribution < 1.29 is 9.53 Å². The predicted octanol–water partition coefficient (Wildman–Crippen LogP) is 4.45. The largest absolute Gasteiger partial charge is 0.496 e. The molecule has 2 aromatic rings. The number of hydrogen-bond donors (Lipinski definition) is 0. The van der Waals surface area contributed by atoms with Crippen molar-refractivity contribution >= 4 is 16.8 Å². The second-order valence-electron chi connectivity index (χ2n) is 4.61. The number of hydrogen-bond acceptors (Lipinski definition) is 2. The van der Waals surface area contributed by atoms with Crippen LogP contribution in [0.3, 0.4) is 0 Å². The molecule has 0 fully saturated rings. The second kappa shape index (κ2) is 7.11. The van der Waals surface area contributed by atoms with Crippen molar-refractivity contribution in [3.63, 3.8) is 0 Å². The van der Waals surface area contributed by atoms with Crippen LogP contribution in [0.1, 0.15) is 18.4 Å². The van der Waals surface area contributed by atoms with Crippen LogP contribution in [0.15, 0.2) is 48.5 Å². The summed E-state index contributed by atoms with van der Waals surface area (Å²) in [5.41, 5.74) is 3.38. The first kappa shape index (κ1) is 14.6. The Labute approximate surface area is 124 Å². The molecule has 0 radical (unpaired) electrons. The molecule has 2 aromatic carbocycles. The highest BCUT2D eigenvalue weighted by Gasteiger charge is 2.07. The molecule has 0 spiro atoms. The molecule has 2 rings (SSSR count). The molecule has 20 heavy (non-hydrogen) atoms. The summed E-state index contributed by atoms with van der Waals surface area (Å²) in [6, 6.07) is 16.2. The van der Waals surface area contributed by atoms with Gasteiger partial charge in [0, 0.05) is 12.0 Å². The molecular formula is C17H17ClO2. The highest BCUT2D eigenvalue weighted by Crippen LogP contribution is 2.31. The Morgan fingerprint density at radius 2 is 1.90 bits per heavy atom. The summed E-state index contributed by atoms with van der Waals surface area (Å²) in [6.07, 6.45) is 2.01. The lowest BCUT2D eigenvalue weighted by molar-refractivity contribution is -0.111. The smallest absolute Gasteiger partial charge is 0.221 e. The van der Waals surface area contributed by atoms with Crippen LogP contribution < -0.4 is 4.74 Å². The van der Waals surface area contributed by atoms with Crippen LogP contribution in [0.25, 0.3) is 11.1 Å². The summed E-state index contributed by atoms with van der Waals surface area (Å²) in [5.74, 6) is 0.855. The molecule has 0 aliphatic heterocycles. The van der Waals surface area contributed by atoms with E-state index in [1.165, 1.54) is 5.56 Å². The summed E-state index contributed by atoms with van der Waals surface area (Å²) in [5, 5.41) is -0.276. The number of halogens is 1. The molecular weight excluding hydrogens is 272 g/mol. The van der Waals surface area contributed by atoms with Gasteiger partial charge in [0.2, 0.25) is 5.24 Å². The number of aryl methyl sites for hydroxylation is 1. The Bertz CT molecular complexity index is 579. The van der Waals surface area contributed by atoms with Crippen molar-refractivity contribution in [2.75, 3.05) is 7.11 Å². The normalized spacial score (nSPS) is 10.3. The fraction of sp³-hybridized carbons (Fsp3) is 0.235. The summed E-state index contributed by atoms with van der Waals surface area (Å²) in [6.45, 7) is 0. The topological polar surface area (TPSA) is 26.3 Å². The van der Waals surface area contributed by atoms with Gasteiger partial charge in [-0.1, -0.05) is 36.4 Å². The summed E-state index contributed by atoms with van der Waals surface area (Å²) in [4.78, 5) is 10.8. The average Bonchev–Trinajstić information content (AvgIpc) is 2.47. The molecule has 0 aromatic heterocycles. The van der Waals surface area contributed by atoms with Crippen molar-refractivity contribution in [3.8, 4) is 16.9 Å². The molecule has 0 bridgehead atoms. The van der Waals surface area contributed by atoms with Gasteiger partial charge < -0.3 is 4.74 Å². The van der Waals surface area contributed by atoms with E-state index in [4.69, 9.17) is 16.3 Å². The molecule has 0 atom stereocenters. The molecule has 104 valence electrons. The van der Waals surface area contributed by atoms with Gasteiger partial charge in [0.1, 0.15) is 5.75 Å². The van der Waals surface area contributed by atoms with Crippen LogP contribution in [0.4, 0.5) is 0 Å². The molecule has 0 amide bonds. The lowest BCUT2D eigenvalue weighted by Crippen LogP contribution is -1.93. The van der Waals surface area contributed by atoms with E-state index >= 15 is 0 Å². The van der Waals surface area contributed by atoms with E-state index < -0.39 is 0 Å². The van der Waals surface area contributed by atoms with Crippen LogP contribution in [-0.4, -0.2) is 12.4 Å². The van der Waals surface area contributed by atoms with Crippen molar-refractivity contribution in [2.24, 2.45) is 0 Å². The second-order valence-corrected chi connectivity index (χ2v) is 5.03. The Hall–Kier alpha value is -1.80. The maximum Gasteiger partial charge on any atom is 0.221 e. The van der Waals surface area contributed by atoms with Crippen LogP contribution in [0.2, 0.25) is 0 Å². The van der Waals surface area contributed by atoms with Gasteiger partial charge in [-0.3, -0.25) is 4.79 Å². The Kier molecular flexibility index (Phi) is 5.19. The zero-order valence-electron chi connectivity index (χ0n) is 11.4. The van der Waals surface area contributed by atoms with E-state index in [0.29, 0.717) is 6.42 Å². The highest BCUT2D eigenvalue weighted by molar-refractivity contribution is 6.63. The third kappa shape index (κ3) is 3.84. The van der Waals surface area contributed by atoms with Gasteiger partial charge in [-0.15, -0.1) is 0 Å². The zero-order valence-corrected chi connectivity index (χ0v) is 12.2. The first-order valence-corrected chi connectivity index (χ1v) is 6.99. The maximum absolute atomic E-state index is 10.8. The molecule has 0 heterocycles. The number of methoxy groups -OCH3 is 1. The molecule has 0 saturated heterocycles. The third-order valence-electron chi connectivity index (χ3n) is 3.19. The van der Waals surface area contributed by atoms with Gasteiger partial charge in [0.15, 0.2) is 0 Å². The molecule has 3 heteroatoms. The van der Waals surface area contributed by atoms with E-state index in [1.807, 2.05) is 30.3 Å². The number of benzene rings is 2. The van der Waals surface area contributed by atoms with Crippen LogP contribution >= 0.6 is 11.6 Å². The minimum absolute atomic E-state index is 0.276. The third-order valence-corrected chi connectivity index (χ3v) is 3.38. The molecule has 0 N–H and O–H groups in total. The van der Waals surface area contributed by atoms with Gasteiger partial charge in [0.25, 0.3) is 0 Å². The highest BCUT2D eigenvalue weighted by atomic mass is 35.5. The van der Waals surface area contributed by atoms with Crippen LogP contribution in [0.5, 0.6) is 5.75 Å². The number of rotatable bonds is 6. The molecule has 2 nitrogen and oxygen atoms in total. The Balaban J connectivity index is 2.23. The summed E-state index contributed by atoms with van der Waals surface area (Å²) < 4.78 is 5.42. The van der Waals surface area contributed by atoms with Crippen molar-refractivity contribution in [1.29, 1.82) is 0 Å². The fourth-order valence-electron chi connectivity index (χ4n) is 2.19. The first-order valence-electron chi connectivity index (χ1n) is 6.61. The van der Waals surface area contributed by atoms with Gasteiger partial charge in [0.05, 0.1) is 7.11 Å². The van der Waals surface area contributed by atoms with E-state index in [-0.39, 0.29) is 5.24 Å². The van der Waals surface area contributed by atoms with Gasteiger partial charge >= 0.3 is 0 Å². The molecule has 0 aliphatic rings. The lowest BCUT2D eigenvalue weighted by Gasteiger charge is -2.11. The van der Waals surface area contributed by atoms with Gasteiger partial charge in [-0.05, 0) is 47.7 Å². The zero-order chi connectivity index (χ0) is 14.4. The van der Waals surface area contributed by atoms with Gasteiger partial charge in [-0.2, -0.15) is 0 Å². The standard InChI is InChI=1S/C17H17ClO2/c1-20-16-11-10-13(6-5-9-17(18)19)12-15(16)14-7-3-2-4-8-14/h2-4,7-8,10-12H,5-6,9H2,1H3. The Morgan fingerprint density at radius 1 is 1.15 bits per heavy atom. The predicted molar refractivity (Wildman–Crippen MR) is 82.2 cm³/mol. The quantitative estimate of drug-likeness (QED) is 0.734. The summed E-state index contributed by atoms with van der Waals surface area (Å²) in [7, 11) is 1.67. The number of carbonyl (C=O) groups excluding carboxylic acids is 1. The van der Waals surface area contributed by atoms with Crippen molar-refractivity contribution in [2.45, 2.75) is 19.3 Å². The monoisotopic (exact) mass is 288 g/mol. The molecule has 0 aliphatic carbocycles. The Morgan fingerprint density at radius 3 is 2.55 bits per heavy atom. The van der Waals surface area contributed by atoms with E-state index in [1.54, 1.807) is 7.11 Å². The van der Waals surface area contributed by atoms with E-state index in [2.05, 4.69) is 18.2 Å². The minimum Gasteiger partial charge on any atom is -0.496 e. The lowest BCUT2D eigenvalue weighted by atomic mass is 9.99. The SMILES string of the molecule is COc1ccc(CCCC(=O)Cl)cc1-c1ccccc1. The van der Waals surface area contributed by atoms with E-state index in [9.17, 15) is 4.79 Å². The van der Waals surface area contributed by atoms with Crippen molar-refractivity contribution in [1.82, 2.24) is 0 Å². The molecule has 0 unspecified atom stereocenters.